The SMILES string of the molecule is C1=c2ccccc2=CC2CNCC12. The smallest absolute Gasteiger partial charge is 0.00209 e. The Morgan fingerprint density at radius 2 is 1.46 bits per heavy atom. The van der Waals surface area contributed by atoms with Gasteiger partial charge in [-0.25, -0.2) is 0 Å². The van der Waals surface area contributed by atoms with Crippen LogP contribution in [0.3, 0.4) is 0 Å². The molecule has 1 fully saturated rings. The van der Waals surface area contributed by atoms with Crippen LogP contribution < -0.4 is 15.8 Å². The minimum absolute atomic E-state index is 0.731. The monoisotopic (exact) mass is 171 g/mol. The average Bonchev–Trinajstić information content (AvgIpc) is 2.61. The number of benzene rings is 1. The van der Waals surface area contributed by atoms with Crippen LogP contribution in [0, 0.1) is 11.8 Å². The molecule has 1 aromatic rings. The molecule has 0 saturated carbocycles. The highest BCUT2D eigenvalue weighted by Gasteiger charge is 2.24. The Labute approximate surface area is 77.8 Å². The van der Waals surface area contributed by atoms with E-state index in [2.05, 4.69) is 41.7 Å². The summed E-state index contributed by atoms with van der Waals surface area (Å²) in [6, 6.07) is 8.65. The van der Waals surface area contributed by atoms with E-state index >= 15 is 0 Å². The van der Waals surface area contributed by atoms with Crippen molar-refractivity contribution in [3.8, 4) is 0 Å². The average molecular weight is 171 g/mol. The lowest BCUT2D eigenvalue weighted by Crippen LogP contribution is -2.31. The zero-order valence-corrected chi connectivity index (χ0v) is 7.53. The second-order valence-electron chi connectivity index (χ2n) is 3.95. The number of rotatable bonds is 0. The number of hydrogen-bond acceptors (Lipinski definition) is 1. The van der Waals surface area contributed by atoms with Crippen molar-refractivity contribution in [2.45, 2.75) is 0 Å². The van der Waals surface area contributed by atoms with Crippen LogP contribution in [0.1, 0.15) is 0 Å². The molecular weight excluding hydrogens is 158 g/mol. The van der Waals surface area contributed by atoms with E-state index < -0.39 is 0 Å². The number of fused-ring (bicyclic) bond motifs is 2. The van der Waals surface area contributed by atoms with E-state index in [1.165, 1.54) is 10.4 Å². The molecule has 2 unspecified atom stereocenters. The van der Waals surface area contributed by atoms with E-state index in [4.69, 9.17) is 0 Å². The lowest BCUT2D eigenvalue weighted by Gasteiger charge is -2.14. The zero-order valence-electron chi connectivity index (χ0n) is 7.53. The van der Waals surface area contributed by atoms with Crippen molar-refractivity contribution in [2.75, 3.05) is 13.1 Å². The molecule has 2 aliphatic rings. The van der Waals surface area contributed by atoms with Gasteiger partial charge in [0.1, 0.15) is 0 Å². The van der Waals surface area contributed by atoms with Crippen LogP contribution in [0.4, 0.5) is 0 Å². The van der Waals surface area contributed by atoms with Crippen molar-refractivity contribution >= 4 is 12.2 Å². The van der Waals surface area contributed by atoms with Gasteiger partial charge in [0, 0.05) is 13.1 Å². The Balaban J connectivity index is 2.24. The predicted molar refractivity (Wildman–Crippen MR) is 54.5 cm³/mol. The van der Waals surface area contributed by atoms with Crippen molar-refractivity contribution in [3.05, 3.63) is 34.7 Å². The van der Waals surface area contributed by atoms with Crippen LogP contribution in [0.5, 0.6) is 0 Å². The van der Waals surface area contributed by atoms with Gasteiger partial charge in [-0.2, -0.15) is 0 Å². The second kappa shape index (κ2) is 2.71. The molecule has 0 bridgehead atoms. The third-order valence-electron chi connectivity index (χ3n) is 3.09. The Bertz CT molecular complexity index is 392. The van der Waals surface area contributed by atoms with Crippen LogP contribution >= 0.6 is 0 Å². The summed E-state index contributed by atoms with van der Waals surface area (Å²) in [5.74, 6) is 1.46. The molecule has 1 N–H and O–H groups in total. The molecule has 1 aliphatic carbocycles. The molecule has 13 heavy (non-hydrogen) atoms. The molecule has 2 atom stereocenters. The van der Waals surface area contributed by atoms with Gasteiger partial charge in [0.25, 0.3) is 0 Å². The highest BCUT2D eigenvalue weighted by Crippen LogP contribution is 2.20. The van der Waals surface area contributed by atoms with Gasteiger partial charge in [0.05, 0.1) is 0 Å². The fourth-order valence-corrected chi connectivity index (χ4v) is 2.36. The maximum atomic E-state index is 3.44. The van der Waals surface area contributed by atoms with Crippen LogP contribution in [0.15, 0.2) is 24.3 Å². The Hall–Kier alpha value is -1.08. The van der Waals surface area contributed by atoms with Crippen molar-refractivity contribution in [3.63, 3.8) is 0 Å². The first-order valence-corrected chi connectivity index (χ1v) is 4.93. The summed E-state index contributed by atoms with van der Waals surface area (Å²) in [6.45, 7) is 2.30. The lowest BCUT2D eigenvalue weighted by molar-refractivity contribution is 0.654. The highest BCUT2D eigenvalue weighted by atomic mass is 14.9. The molecule has 1 aliphatic heterocycles. The maximum Gasteiger partial charge on any atom is 0.00209 e. The van der Waals surface area contributed by atoms with E-state index in [0.717, 1.165) is 24.9 Å². The minimum atomic E-state index is 0.731. The van der Waals surface area contributed by atoms with Crippen molar-refractivity contribution in [1.29, 1.82) is 0 Å². The van der Waals surface area contributed by atoms with Gasteiger partial charge in [-0.1, -0.05) is 36.4 Å². The molecule has 0 radical (unpaired) electrons. The first kappa shape index (κ1) is 7.34. The van der Waals surface area contributed by atoms with Gasteiger partial charge in [-0.15, -0.1) is 0 Å². The summed E-state index contributed by atoms with van der Waals surface area (Å²) in [4.78, 5) is 0. The molecule has 0 aromatic heterocycles. The fraction of sp³-hybridized carbons (Fsp3) is 0.333. The molecule has 66 valence electrons. The highest BCUT2D eigenvalue weighted by molar-refractivity contribution is 5.44. The van der Waals surface area contributed by atoms with Gasteiger partial charge in [-0.05, 0) is 22.3 Å². The largest absolute Gasteiger partial charge is 0.316 e. The van der Waals surface area contributed by atoms with E-state index in [-0.39, 0.29) is 0 Å². The van der Waals surface area contributed by atoms with Crippen LogP contribution in [0.25, 0.3) is 12.2 Å². The fourth-order valence-electron chi connectivity index (χ4n) is 2.36. The summed E-state index contributed by atoms with van der Waals surface area (Å²) in [5, 5.41) is 6.26. The standard InChI is InChI=1S/C12H13N/c1-2-4-10-6-12-8-13-7-11(12)5-9(10)3-1/h1-6,11-13H,7-8H2. The maximum absolute atomic E-state index is 3.44. The number of nitrogens with one attached hydrogen (secondary N) is 1. The summed E-state index contributed by atoms with van der Waals surface area (Å²) in [6.07, 6.45) is 4.83. The van der Waals surface area contributed by atoms with Crippen molar-refractivity contribution in [1.82, 2.24) is 5.32 Å². The third-order valence-corrected chi connectivity index (χ3v) is 3.09. The second-order valence-corrected chi connectivity index (χ2v) is 3.95. The zero-order chi connectivity index (χ0) is 8.67. The molecular formula is C12H13N. The van der Waals surface area contributed by atoms with E-state index in [0.29, 0.717) is 0 Å². The lowest BCUT2D eigenvalue weighted by atomic mass is 9.90. The van der Waals surface area contributed by atoms with Crippen LogP contribution in [-0.4, -0.2) is 13.1 Å². The van der Waals surface area contributed by atoms with Crippen LogP contribution in [0.2, 0.25) is 0 Å². The normalized spacial score (nSPS) is 29.8. The minimum Gasteiger partial charge on any atom is -0.316 e. The van der Waals surface area contributed by atoms with Gasteiger partial charge in [0.2, 0.25) is 0 Å². The quantitative estimate of drug-likeness (QED) is 0.583. The Kier molecular flexibility index (Phi) is 1.53. The number of hydrogen-bond donors (Lipinski definition) is 1. The molecule has 3 rings (SSSR count). The summed E-state index contributed by atoms with van der Waals surface area (Å²) in [5.41, 5.74) is 0. The first-order chi connectivity index (χ1) is 6.43. The molecule has 1 heteroatoms. The molecule has 1 nitrogen and oxygen atoms in total. The third kappa shape index (κ3) is 1.11. The molecule has 0 amide bonds. The van der Waals surface area contributed by atoms with E-state index in [9.17, 15) is 0 Å². The van der Waals surface area contributed by atoms with Crippen molar-refractivity contribution in [2.24, 2.45) is 11.8 Å². The van der Waals surface area contributed by atoms with E-state index in [1.807, 2.05) is 0 Å². The summed E-state index contributed by atoms with van der Waals surface area (Å²) >= 11 is 0. The molecule has 1 saturated heterocycles. The van der Waals surface area contributed by atoms with Crippen molar-refractivity contribution < 1.29 is 0 Å². The topological polar surface area (TPSA) is 12.0 Å². The Morgan fingerprint density at radius 1 is 0.923 bits per heavy atom. The van der Waals surface area contributed by atoms with Gasteiger partial charge < -0.3 is 5.32 Å². The summed E-state index contributed by atoms with van der Waals surface area (Å²) in [7, 11) is 0. The molecule has 1 heterocycles. The summed E-state index contributed by atoms with van der Waals surface area (Å²) < 4.78 is 0. The van der Waals surface area contributed by atoms with Gasteiger partial charge in [0.15, 0.2) is 0 Å². The Morgan fingerprint density at radius 3 is 2.00 bits per heavy atom. The van der Waals surface area contributed by atoms with Gasteiger partial charge in [-0.3, -0.25) is 0 Å². The molecule has 0 spiro atoms. The van der Waals surface area contributed by atoms with E-state index in [1.54, 1.807) is 0 Å². The molecule has 1 aromatic carbocycles. The van der Waals surface area contributed by atoms with Gasteiger partial charge >= 0.3 is 0 Å². The predicted octanol–water partition coefficient (Wildman–Crippen LogP) is 0.0968. The van der Waals surface area contributed by atoms with Crippen LogP contribution in [-0.2, 0) is 0 Å². The first-order valence-electron chi connectivity index (χ1n) is 4.93.